The van der Waals surface area contributed by atoms with Gasteiger partial charge in [-0.15, -0.1) is 0 Å². The first-order valence-electron chi connectivity index (χ1n) is 8.44. The Morgan fingerprint density at radius 3 is 2.58 bits per heavy atom. The lowest BCUT2D eigenvalue weighted by molar-refractivity contribution is 0.360. The average molecular weight is 370 g/mol. The number of pyridine rings is 1. The lowest BCUT2D eigenvalue weighted by Gasteiger charge is -2.27. The molecule has 0 fully saturated rings. The van der Waals surface area contributed by atoms with Gasteiger partial charge in [0.15, 0.2) is 0 Å². The molecular formula is C19H22N4O2S. The van der Waals surface area contributed by atoms with Crippen molar-refractivity contribution >= 4 is 10.0 Å². The lowest BCUT2D eigenvalue weighted by atomic mass is 10.1. The zero-order chi connectivity index (χ0) is 18.7. The van der Waals surface area contributed by atoms with Crippen LogP contribution in [0.5, 0.6) is 0 Å². The largest absolute Gasteiger partial charge is 0.260 e. The molecule has 0 N–H and O–H groups in total. The fourth-order valence-electron chi connectivity index (χ4n) is 2.98. The molecule has 0 spiro atoms. The van der Waals surface area contributed by atoms with Crippen molar-refractivity contribution < 1.29 is 8.42 Å². The molecule has 1 unspecified atom stereocenters. The molecule has 1 aromatic carbocycles. The van der Waals surface area contributed by atoms with Crippen molar-refractivity contribution in [2.75, 3.05) is 7.05 Å². The number of aromatic nitrogens is 3. The number of benzene rings is 1. The molecule has 0 saturated heterocycles. The third kappa shape index (κ3) is 3.40. The van der Waals surface area contributed by atoms with E-state index >= 15 is 0 Å². The maximum atomic E-state index is 13.3. The highest BCUT2D eigenvalue weighted by molar-refractivity contribution is 7.89. The van der Waals surface area contributed by atoms with E-state index in [9.17, 15) is 8.42 Å². The maximum absolute atomic E-state index is 13.3. The quantitative estimate of drug-likeness (QED) is 0.667. The standard InChI is InChI=1S/C19H22N4O2S/c1-4-18(17-8-5-6-11-20-17)22(3)26(24,25)19-14-16(10-9-15(19)2)23-13-7-12-21-23/h5-14,18H,4H2,1-3H3. The van der Waals surface area contributed by atoms with Gasteiger partial charge in [-0.05, 0) is 49.2 Å². The average Bonchev–Trinajstić information content (AvgIpc) is 3.18. The molecule has 0 aliphatic rings. The molecule has 6 nitrogen and oxygen atoms in total. The molecule has 1 atom stereocenters. The Labute approximate surface area is 154 Å². The van der Waals surface area contributed by atoms with Gasteiger partial charge in [0.25, 0.3) is 0 Å². The van der Waals surface area contributed by atoms with Crippen LogP contribution in [0.3, 0.4) is 0 Å². The molecule has 3 rings (SSSR count). The van der Waals surface area contributed by atoms with Crippen LogP contribution in [0.2, 0.25) is 0 Å². The monoisotopic (exact) mass is 370 g/mol. The molecule has 0 bridgehead atoms. The van der Waals surface area contributed by atoms with Crippen molar-refractivity contribution in [1.82, 2.24) is 19.1 Å². The fourth-order valence-corrected chi connectivity index (χ4v) is 4.63. The van der Waals surface area contributed by atoms with Crippen LogP contribution < -0.4 is 0 Å². The van der Waals surface area contributed by atoms with E-state index in [1.165, 1.54) is 4.31 Å². The zero-order valence-corrected chi connectivity index (χ0v) is 15.9. The highest BCUT2D eigenvalue weighted by Gasteiger charge is 2.30. The lowest BCUT2D eigenvalue weighted by Crippen LogP contribution is -2.32. The summed E-state index contributed by atoms with van der Waals surface area (Å²) in [5.74, 6) is 0. The summed E-state index contributed by atoms with van der Waals surface area (Å²) in [4.78, 5) is 4.62. The number of nitrogens with zero attached hydrogens (tertiary/aromatic N) is 4. The number of aryl methyl sites for hydroxylation is 1. The van der Waals surface area contributed by atoms with Crippen molar-refractivity contribution in [1.29, 1.82) is 0 Å². The Morgan fingerprint density at radius 1 is 1.15 bits per heavy atom. The van der Waals surface area contributed by atoms with Gasteiger partial charge in [0, 0.05) is 25.6 Å². The van der Waals surface area contributed by atoms with Crippen molar-refractivity contribution in [3.05, 3.63) is 72.3 Å². The molecule has 26 heavy (non-hydrogen) atoms. The first-order chi connectivity index (χ1) is 12.4. The second-order valence-corrected chi connectivity index (χ2v) is 8.07. The SMILES string of the molecule is CCC(c1ccccn1)N(C)S(=O)(=O)c1cc(-n2cccn2)ccc1C. The predicted octanol–water partition coefficient (Wildman–Crippen LogP) is 3.35. The third-order valence-electron chi connectivity index (χ3n) is 4.45. The number of rotatable bonds is 6. The molecular weight excluding hydrogens is 348 g/mol. The highest BCUT2D eigenvalue weighted by Crippen LogP contribution is 2.29. The summed E-state index contributed by atoms with van der Waals surface area (Å²) in [6, 6.07) is 12.4. The van der Waals surface area contributed by atoms with E-state index in [1.807, 2.05) is 31.2 Å². The van der Waals surface area contributed by atoms with Crippen molar-refractivity contribution in [2.45, 2.75) is 31.2 Å². The minimum Gasteiger partial charge on any atom is -0.260 e. The maximum Gasteiger partial charge on any atom is 0.243 e. The normalized spacial score (nSPS) is 13.1. The van der Waals surface area contributed by atoms with E-state index in [0.29, 0.717) is 17.7 Å². The summed E-state index contributed by atoms with van der Waals surface area (Å²) in [5.41, 5.74) is 2.14. The van der Waals surface area contributed by atoms with Gasteiger partial charge in [0.1, 0.15) is 0 Å². The van der Waals surface area contributed by atoms with Crippen molar-refractivity contribution in [2.24, 2.45) is 0 Å². The molecule has 2 heterocycles. The minimum atomic E-state index is -3.69. The summed E-state index contributed by atoms with van der Waals surface area (Å²) in [6.07, 6.45) is 5.76. The Morgan fingerprint density at radius 2 is 1.96 bits per heavy atom. The van der Waals surface area contributed by atoms with E-state index in [4.69, 9.17) is 0 Å². The van der Waals surface area contributed by atoms with Crippen molar-refractivity contribution in [3.63, 3.8) is 0 Å². The summed E-state index contributed by atoms with van der Waals surface area (Å²) in [7, 11) is -2.08. The molecule has 0 amide bonds. The Hall–Kier alpha value is -2.51. The van der Waals surface area contributed by atoms with E-state index in [2.05, 4.69) is 10.1 Å². The van der Waals surface area contributed by atoms with Crippen LogP contribution in [0.25, 0.3) is 5.69 Å². The van der Waals surface area contributed by atoms with Gasteiger partial charge in [-0.25, -0.2) is 13.1 Å². The Kier molecular flexibility index (Phi) is 5.20. The molecule has 0 aliphatic carbocycles. The van der Waals surface area contributed by atoms with Crippen LogP contribution >= 0.6 is 0 Å². The smallest absolute Gasteiger partial charge is 0.243 e. The summed E-state index contributed by atoms with van der Waals surface area (Å²) >= 11 is 0. The van der Waals surface area contributed by atoms with E-state index in [0.717, 1.165) is 5.69 Å². The molecule has 136 valence electrons. The highest BCUT2D eigenvalue weighted by atomic mass is 32.2. The van der Waals surface area contributed by atoms with Crippen LogP contribution in [0.1, 0.15) is 30.6 Å². The Bertz CT molecular complexity index is 970. The van der Waals surface area contributed by atoms with Gasteiger partial charge in [0.05, 0.1) is 22.3 Å². The first-order valence-corrected chi connectivity index (χ1v) is 9.88. The van der Waals surface area contributed by atoms with Crippen LogP contribution in [0.4, 0.5) is 0 Å². The van der Waals surface area contributed by atoms with Gasteiger partial charge in [-0.1, -0.05) is 19.1 Å². The number of hydrogen-bond acceptors (Lipinski definition) is 4. The molecule has 0 saturated carbocycles. The van der Waals surface area contributed by atoms with E-state index < -0.39 is 10.0 Å². The van der Waals surface area contributed by atoms with Gasteiger partial charge in [-0.3, -0.25) is 4.98 Å². The van der Waals surface area contributed by atoms with Gasteiger partial charge in [-0.2, -0.15) is 9.40 Å². The van der Waals surface area contributed by atoms with Crippen LogP contribution in [0.15, 0.2) is 66.0 Å². The molecule has 0 radical (unpaired) electrons. The molecule has 3 aromatic rings. The molecule has 7 heteroatoms. The predicted molar refractivity (Wildman–Crippen MR) is 101 cm³/mol. The van der Waals surface area contributed by atoms with Gasteiger partial charge >= 0.3 is 0 Å². The van der Waals surface area contributed by atoms with Gasteiger partial charge < -0.3 is 0 Å². The summed E-state index contributed by atoms with van der Waals surface area (Å²) < 4.78 is 29.7. The first kappa shape index (κ1) is 18.3. The van der Waals surface area contributed by atoms with Crippen LogP contribution in [-0.4, -0.2) is 34.5 Å². The van der Waals surface area contributed by atoms with Gasteiger partial charge in [0.2, 0.25) is 10.0 Å². The van der Waals surface area contributed by atoms with Crippen LogP contribution in [0, 0.1) is 6.92 Å². The number of hydrogen-bond donors (Lipinski definition) is 0. The zero-order valence-electron chi connectivity index (χ0n) is 15.1. The molecule has 2 aromatic heterocycles. The second kappa shape index (κ2) is 7.39. The van der Waals surface area contributed by atoms with E-state index in [1.54, 1.807) is 55.4 Å². The topological polar surface area (TPSA) is 68.1 Å². The minimum absolute atomic E-state index is 0.280. The molecule has 0 aliphatic heterocycles. The second-order valence-electron chi connectivity index (χ2n) is 6.10. The fraction of sp³-hybridized carbons (Fsp3) is 0.263. The van der Waals surface area contributed by atoms with Crippen LogP contribution in [-0.2, 0) is 10.0 Å². The Balaban J connectivity index is 2.03. The summed E-state index contributed by atoms with van der Waals surface area (Å²) in [6.45, 7) is 3.76. The third-order valence-corrected chi connectivity index (χ3v) is 6.46. The summed E-state index contributed by atoms with van der Waals surface area (Å²) in [5, 5.41) is 4.18. The van der Waals surface area contributed by atoms with E-state index in [-0.39, 0.29) is 10.9 Å². The van der Waals surface area contributed by atoms with Crippen molar-refractivity contribution in [3.8, 4) is 5.69 Å². The number of sulfonamides is 1.